The summed E-state index contributed by atoms with van der Waals surface area (Å²) >= 11 is 0. The van der Waals surface area contributed by atoms with Crippen molar-refractivity contribution < 1.29 is 19.5 Å². The molecule has 0 bridgehead atoms. The van der Waals surface area contributed by atoms with Crippen LogP contribution in [0.2, 0.25) is 0 Å². The van der Waals surface area contributed by atoms with Crippen LogP contribution < -0.4 is 5.90 Å². The average Bonchev–Trinajstić information content (AvgIpc) is 2.30. The normalized spacial score (nSPS) is 11.9. The number of rotatable bonds is 9. The van der Waals surface area contributed by atoms with E-state index < -0.39 is 17.9 Å². The van der Waals surface area contributed by atoms with Gasteiger partial charge in [0, 0.05) is 0 Å². The van der Waals surface area contributed by atoms with E-state index in [-0.39, 0.29) is 23.8 Å². The van der Waals surface area contributed by atoms with Crippen molar-refractivity contribution in [1.82, 2.24) is 0 Å². The number of carbonyl (C=O) groups excluding carboxylic acids is 1. The topological polar surface area (TPSA) is 89.6 Å². The van der Waals surface area contributed by atoms with Crippen LogP contribution in [0.5, 0.6) is 0 Å². The molecule has 0 aliphatic heterocycles. The van der Waals surface area contributed by atoms with Gasteiger partial charge in [-0.15, -0.1) is 0 Å². The summed E-state index contributed by atoms with van der Waals surface area (Å²) in [4.78, 5) is 25.7. The van der Waals surface area contributed by atoms with E-state index in [1.54, 1.807) is 6.08 Å². The second-order valence-corrected chi connectivity index (χ2v) is 3.92. The smallest absolute Gasteiger partial charge is 0.331 e. The summed E-state index contributed by atoms with van der Waals surface area (Å²) in [6.07, 6.45) is 8.49. The van der Waals surface area contributed by atoms with Crippen molar-refractivity contribution in [3.05, 3.63) is 12.2 Å². The van der Waals surface area contributed by atoms with Crippen molar-refractivity contribution in [2.24, 2.45) is 11.8 Å². The van der Waals surface area contributed by atoms with E-state index in [0.29, 0.717) is 0 Å². The van der Waals surface area contributed by atoms with Gasteiger partial charge >= 0.3 is 11.9 Å². The molecule has 0 fully saturated rings. The van der Waals surface area contributed by atoms with E-state index in [0.717, 1.165) is 19.3 Å². The zero-order valence-corrected chi connectivity index (χ0v) is 10.2. The standard InChI is InChI=1S/C12H21NO4.Al.3H/c1-2-3-4-5-6-7-8-10(9-11(14)15)12(16)17-13;;;;/h7-8,10H,2-6,9,13H2,1H3,(H,14,15);;;;. The highest BCUT2D eigenvalue weighted by molar-refractivity contribution is 5.80. The highest BCUT2D eigenvalue weighted by atomic mass is 27.0. The fourth-order valence-electron chi connectivity index (χ4n) is 1.45. The Balaban J connectivity index is 0. The fraction of sp³-hybridized carbons (Fsp3) is 0.667. The summed E-state index contributed by atoms with van der Waals surface area (Å²) in [6.45, 7) is 2.13. The van der Waals surface area contributed by atoms with Crippen molar-refractivity contribution in [2.75, 3.05) is 0 Å². The van der Waals surface area contributed by atoms with E-state index in [1.165, 1.54) is 12.8 Å². The fourth-order valence-corrected chi connectivity index (χ4v) is 1.45. The molecule has 1 atom stereocenters. The number of hydrogen-bond donors (Lipinski definition) is 2. The minimum Gasteiger partial charge on any atom is -0.481 e. The molecule has 0 aliphatic carbocycles. The molecular formula is C12H24AlNO4. The number of carbonyl (C=O) groups is 2. The number of hydrogen-bond acceptors (Lipinski definition) is 4. The van der Waals surface area contributed by atoms with E-state index >= 15 is 0 Å². The molecule has 104 valence electrons. The molecule has 0 radical (unpaired) electrons. The quantitative estimate of drug-likeness (QED) is 0.281. The van der Waals surface area contributed by atoms with Crippen LogP contribution >= 0.6 is 0 Å². The molecule has 0 aromatic carbocycles. The first-order valence-corrected chi connectivity index (χ1v) is 5.90. The molecular weight excluding hydrogens is 249 g/mol. The van der Waals surface area contributed by atoms with E-state index in [2.05, 4.69) is 11.8 Å². The van der Waals surface area contributed by atoms with Crippen LogP contribution in [0.3, 0.4) is 0 Å². The summed E-state index contributed by atoms with van der Waals surface area (Å²) in [5, 5.41) is 8.62. The van der Waals surface area contributed by atoms with Gasteiger partial charge in [-0.05, 0) is 12.8 Å². The van der Waals surface area contributed by atoms with Gasteiger partial charge in [0.1, 0.15) is 0 Å². The molecule has 0 aromatic heterocycles. The zero-order chi connectivity index (χ0) is 13.1. The van der Waals surface area contributed by atoms with Crippen LogP contribution in [0, 0.1) is 5.92 Å². The number of carboxylic acid groups (broad SMARTS) is 1. The first-order valence-electron chi connectivity index (χ1n) is 5.90. The average molecular weight is 273 g/mol. The third-order valence-electron chi connectivity index (χ3n) is 2.41. The third-order valence-corrected chi connectivity index (χ3v) is 2.41. The maximum absolute atomic E-state index is 11.2. The molecule has 18 heavy (non-hydrogen) atoms. The van der Waals surface area contributed by atoms with Crippen LogP contribution in [-0.2, 0) is 14.4 Å². The molecule has 1 unspecified atom stereocenters. The Labute approximate surface area is 118 Å². The number of aliphatic carboxylic acids is 1. The summed E-state index contributed by atoms with van der Waals surface area (Å²) in [5.41, 5.74) is 0. The molecule has 6 heteroatoms. The van der Waals surface area contributed by atoms with Crippen molar-refractivity contribution in [1.29, 1.82) is 0 Å². The molecule has 3 N–H and O–H groups in total. The van der Waals surface area contributed by atoms with Crippen molar-refractivity contribution >= 4 is 29.3 Å². The Morgan fingerprint density at radius 3 is 2.50 bits per heavy atom. The van der Waals surface area contributed by atoms with Crippen LogP contribution in [0.1, 0.15) is 45.4 Å². The highest BCUT2D eigenvalue weighted by Gasteiger charge is 2.19. The van der Waals surface area contributed by atoms with Gasteiger partial charge in [-0.1, -0.05) is 38.3 Å². The predicted octanol–water partition coefficient (Wildman–Crippen LogP) is 0.837. The molecule has 0 aliphatic rings. The maximum atomic E-state index is 11.2. The Kier molecular flexibility index (Phi) is 13.7. The summed E-state index contributed by atoms with van der Waals surface area (Å²) in [7, 11) is 0. The van der Waals surface area contributed by atoms with E-state index in [1.807, 2.05) is 6.08 Å². The number of allylic oxidation sites excluding steroid dienone is 1. The number of nitrogens with two attached hydrogens (primary N) is 1. The van der Waals surface area contributed by atoms with Crippen LogP contribution in [0.25, 0.3) is 0 Å². The Bertz CT molecular complexity index is 269. The lowest BCUT2D eigenvalue weighted by Gasteiger charge is -2.06. The van der Waals surface area contributed by atoms with Gasteiger partial charge in [-0.2, -0.15) is 5.90 Å². The second kappa shape index (κ2) is 12.6. The molecule has 0 heterocycles. The van der Waals surface area contributed by atoms with Gasteiger partial charge in [0.2, 0.25) is 0 Å². The van der Waals surface area contributed by atoms with Crippen LogP contribution in [-0.4, -0.2) is 34.4 Å². The number of unbranched alkanes of at least 4 members (excludes halogenated alkanes) is 4. The van der Waals surface area contributed by atoms with E-state index in [9.17, 15) is 9.59 Å². The van der Waals surface area contributed by atoms with E-state index in [4.69, 9.17) is 11.0 Å². The van der Waals surface area contributed by atoms with Crippen LogP contribution in [0.15, 0.2) is 12.2 Å². The summed E-state index contributed by atoms with van der Waals surface area (Å²) in [6, 6.07) is 0. The van der Waals surface area contributed by atoms with Gasteiger partial charge in [0.05, 0.1) is 12.3 Å². The van der Waals surface area contributed by atoms with Gasteiger partial charge in [0.25, 0.3) is 0 Å². The van der Waals surface area contributed by atoms with Crippen molar-refractivity contribution in [2.45, 2.75) is 45.4 Å². The Morgan fingerprint density at radius 1 is 1.33 bits per heavy atom. The monoisotopic (exact) mass is 273 g/mol. The molecule has 5 nitrogen and oxygen atoms in total. The first kappa shape index (κ1) is 19.5. The lowest BCUT2D eigenvalue weighted by atomic mass is 10.0. The minimum atomic E-state index is -1.05. The molecule has 0 spiro atoms. The summed E-state index contributed by atoms with van der Waals surface area (Å²) < 4.78 is 0. The minimum absolute atomic E-state index is 0. The zero-order valence-electron chi connectivity index (χ0n) is 10.2. The van der Waals surface area contributed by atoms with Gasteiger partial charge < -0.3 is 9.94 Å². The predicted molar refractivity (Wildman–Crippen MR) is 73.9 cm³/mol. The lowest BCUT2D eigenvalue weighted by molar-refractivity contribution is -0.151. The molecule has 0 amide bonds. The van der Waals surface area contributed by atoms with Gasteiger partial charge in [-0.3, -0.25) is 4.79 Å². The maximum Gasteiger partial charge on any atom is 0.331 e. The molecule has 0 saturated heterocycles. The van der Waals surface area contributed by atoms with Crippen molar-refractivity contribution in [3.63, 3.8) is 0 Å². The lowest BCUT2D eigenvalue weighted by Crippen LogP contribution is -2.21. The molecule has 0 aromatic rings. The third kappa shape index (κ3) is 10.3. The second-order valence-electron chi connectivity index (χ2n) is 3.92. The molecule has 0 saturated carbocycles. The first-order chi connectivity index (χ1) is 8.11. The Hall–Kier alpha value is -0.828. The summed E-state index contributed by atoms with van der Waals surface area (Å²) in [5.74, 6) is 2.20. The van der Waals surface area contributed by atoms with Crippen molar-refractivity contribution in [3.8, 4) is 0 Å². The Morgan fingerprint density at radius 2 is 2.00 bits per heavy atom. The number of carboxylic acids is 1. The van der Waals surface area contributed by atoms with Gasteiger partial charge in [-0.25, -0.2) is 4.79 Å². The van der Waals surface area contributed by atoms with Crippen LogP contribution in [0.4, 0.5) is 0 Å². The SMILES string of the molecule is CCCCCCC=CC(CC(=O)O)C(=O)ON.[AlH3]. The molecule has 0 rings (SSSR count). The largest absolute Gasteiger partial charge is 0.481 e. The highest BCUT2D eigenvalue weighted by Crippen LogP contribution is 2.09. The van der Waals surface area contributed by atoms with Gasteiger partial charge in [0.15, 0.2) is 17.4 Å².